The fraction of sp³-hybridized carbons (Fsp3) is 0.833. The molecule has 0 amide bonds. The lowest BCUT2D eigenvalue weighted by molar-refractivity contribution is 0.0917. The third kappa shape index (κ3) is 1.21. The fourth-order valence-electron chi connectivity index (χ4n) is 0.826. The molecule has 1 heterocycles. The van der Waals surface area contributed by atoms with Gasteiger partial charge in [-0.05, 0) is 6.42 Å². The normalized spacial score (nSPS) is 29.1. The smallest absolute Gasteiger partial charge is 0.246 e. The van der Waals surface area contributed by atoms with Crippen LogP contribution in [0.3, 0.4) is 0 Å². The van der Waals surface area contributed by atoms with Crippen LogP contribution in [0.5, 0.6) is 0 Å². The van der Waals surface area contributed by atoms with Gasteiger partial charge in [0.1, 0.15) is 6.61 Å². The van der Waals surface area contributed by atoms with E-state index < -0.39 is 0 Å². The van der Waals surface area contributed by atoms with E-state index in [1.807, 2.05) is 0 Å². The Bertz CT molecular complexity index is 99.6. The SMILES string of the molecule is [C-]#[N+]C1CCCOC1. The van der Waals surface area contributed by atoms with Crippen LogP contribution >= 0.6 is 0 Å². The quantitative estimate of drug-likeness (QED) is 0.426. The van der Waals surface area contributed by atoms with Crippen LogP contribution in [0.4, 0.5) is 0 Å². The van der Waals surface area contributed by atoms with Gasteiger partial charge in [0, 0.05) is 13.0 Å². The molecule has 2 heteroatoms. The zero-order valence-corrected chi connectivity index (χ0v) is 4.76. The van der Waals surface area contributed by atoms with E-state index in [9.17, 15) is 0 Å². The van der Waals surface area contributed by atoms with Crippen LogP contribution in [0.25, 0.3) is 4.85 Å². The summed E-state index contributed by atoms with van der Waals surface area (Å²) in [6.45, 7) is 8.15. The molecule has 1 fully saturated rings. The summed E-state index contributed by atoms with van der Waals surface area (Å²) in [6, 6.07) is 0.156. The summed E-state index contributed by atoms with van der Waals surface area (Å²) in [5, 5.41) is 0. The van der Waals surface area contributed by atoms with Crippen molar-refractivity contribution in [3.63, 3.8) is 0 Å². The van der Waals surface area contributed by atoms with E-state index in [2.05, 4.69) is 4.85 Å². The van der Waals surface area contributed by atoms with Crippen LogP contribution in [0.2, 0.25) is 0 Å². The lowest BCUT2D eigenvalue weighted by Gasteiger charge is -2.11. The van der Waals surface area contributed by atoms with Crippen molar-refractivity contribution in [1.82, 2.24) is 0 Å². The van der Waals surface area contributed by atoms with Gasteiger partial charge >= 0.3 is 0 Å². The number of rotatable bonds is 0. The van der Waals surface area contributed by atoms with Gasteiger partial charge in [-0.1, -0.05) is 0 Å². The van der Waals surface area contributed by atoms with Crippen molar-refractivity contribution in [3.05, 3.63) is 11.4 Å². The minimum Gasteiger partial charge on any atom is -0.373 e. The molecule has 1 aliphatic heterocycles. The zero-order valence-electron chi connectivity index (χ0n) is 4.76. The Morgan fingerprint density at radius 1 is 1.62 bits per heavy atom. The summed E-state index contributed by atoms with van der Waals surface area (Å²) < 4.78 is 5.06. The van der Waals surface area contributed by atoms with Crippen molar-refractivity contribution in [3.8, 4) is 0 Å². The van der Waals surface area contributed by atoms with Gasteiger partial charge in [-0.25, -0.2) is 6.57 Å². The molecule has 2 nitrogen and oxygen atoms in total. The van der Waals surface area contributed by atoms with Crippen molar-refractivity contribution in [2.75, 3.05) is 13.2 Å². The molecule has 44 valence electrons. The second kappa shape index (κ2) is 2.68. The molecule has 8 heavy (non-hydrogen) atoms. The molecule has 0 aromatic rings. The molecular formula is C6H9NO. The fourth-order valence-corrected chi connectivity index (χ4v) is 0.826. The maximum Gasteiger partial charge on any atom is 0.246 e. The molecule has 0 spiro atoms. The summed E-state index contributed by atoms with van der Waals surface area (Å²) in [5.74, 6) is 0. The predicted octanol–water partition coefficient (Wildman–Crippen LogP) is 1.08. The molecule has 0 aliphatic carbocycles. The number of hydrogen-bond acceptors (Lipinski definition) is 1. The van der Waals surface area contributed by atoms with E-state index in [4.69, 9.17) is 11.3 Å². The Morgan fingerprint density at radius 3 is 2.88 bits per heavy atom. The second-order valence-electron chi connectivity index (χ2n) is 2.00. The summed E-state index contributed by atoms with van der Waals surface area (Å²) in [5.41, 5.74) is 0. The van der Waals surface area contributed by atoms with Gasteiger partial charge in [0.15, 0.2) is 0 Å². The van der Waals surface area contributed by atoms with Gasteiger partial charge in [-0.3, -0.25) is 0 Å². The number of nitrogens with zero attached hydrogens (tertiary/aromatic N) is 1. The highest BCUT2D eigenvalue weighted by atomic mass is 16.5. The first-order valence-electron chi connectivity index (χ1n) is 2.88. The van der Waals surface area contributed by atoms with Crippen LogP contribution in [-0.4, -0.2) is 19.3 Å². The van der Waals surface area contributed by atoms with Gasteiger partial charge in [0.25, 0.3) is 0 Å². The van der Waals surface area contributed by atoms with E-state index in [0.29, 0.717) is 6.61 Å². The molecule has 0 bridgehead atoms. The molecule has 1 rings (SSSR count). The first-order chi connectivity index (χ1) is 3.93. The molecule has 1 aliphatic rings. The Labute approximate surface area is 49.3 Å². The molecule has 1 saturated heterocycles. The first-order valence-corrected chi connectivity index (χ1v) is 2.88. The molecule has 1 atom stereocenters. The van der Waals surface area contributed by atoms with Gasteiger partial charge in [-0.15, -0.1) is 0 Å². The first kappa shape index (κ1) is 5.58. The molecule has 0 radical (unpaired) electrons. The minimum atomic E-state index is 0.156. The summed E-state index contributed by atoms with van der Waals surface area (Å²) in [7, 11) is 0. The Kier molecular flexibility index (Phi) is 1.87. The van der Waals surface area contributed by atoms with Gasteiger partial charge in [0.2, 0.25) is 6.04 Å². The van der Waals surface area contributed by atoms with E-state index in [1.165, 1.54) is 0 Å². The average Bonchev–Trinajstić information content (AvgIpc) is 1.90. The van der Waals surface area contributed by atoms with Crippen molar-refractivity contribution >= 4 is 0 Å². The van der Waals surface area contributed by atoms with Crippen molar-refractivity contribution < 1.29 is 4.74 Å². The maximum atomic E-state index is 6.64. The van der Waals surface area contributed by atoms with Crippen molar-refractivity contribution in [2.24, 2.45) is 0 Å². The van der Waals surface area contributed by atoms with Crippen LogP contribution < -0.4 is 0 Å². The predicted molar refractivity (Wildman–Crippen MR) is 30.4 cm³/mol. The standard InChI is InChI=1S/C6H9NO/c1-7-6-3-2-4-8-5-6/h6H,2-5H2. The Hall–Kier alpha value is -0.550. The second-order valence-corrected chi connectivity index (χ2v) is 2.00. The van der Waals surface area contributed by atoms with Crippen LogP contribution in [0, 0.1) is 6.57 Å². The molecule has 0 saturated carbocycles. The lowest BCUT2D eigenvalue weighted by atomic mass is 10.1. The van der Waals surface area contributed by atoms with Gasteiger partial charge in [-0.2, -0.15) is 0 Å². The molecule has 0 aromatic carbocycles. The van der Waals surface area contributed by atoms with Gasteiger partial charge < -0.3 is 9.58 Å². The molecular weight excluding hydrogens is 102 g/mol. The maximum absolute atomic E-state index is 6.64. The lowest BCUT2D eigenvalue weighted by Crippen LogP contribution is -2.18. The van der Waals surface area contributed by atoms with Crippen molar-refractivity contribution in [1.29, 1.82) is 0 Å². The highest BCUT2D eigenvalue weighted by molar-refractivity contribution is 4.79. The van der Waals surface area contributed by atoms with E-state index in [0.717, 1.165) is 19.4 Å². The Morgan fingerprint density at radius 2 is 2.50 bits per heavy atom. The topological polar surface area (TPSA) is 13.6 Å². The third-order valence-electron chi connectivity index (χ3n) is 1.32. The highest BCUT2D eigenvalue weighted by Crippen LogP contribution is 2.08. The highest BCUT2D eigenvalue weighted by Gasteiger charge is 2.16. The summed E-state index contributed by atoms with van der Waals surface area (Å²) in [6.07, 6.45) is 2.09. The van der Waals surface area contributed by atoms with Gasteiger partial charge in [0.05, 0.1) is 0 Å². The van der Waals surface area contributed by atoms with E-state index in [1.54, 1.807) is 0 Å². The van der Waals surface area contributed by atoms with Crippen LogP contribution in [-0.2, 0) is 4.74 Å². The van der Waals surface area contributed by atoms with Crippen LogP contribution in [0.15, 0.2) is 0 Å². The zero-order chi connectivity index (χ0) is 5.82. The molecule has 1 unspecified atom stereocenters. The largest absolute Gasteiger partial charge is 0.373 e. The Balaban J connectivity index is 2.25. The summed E-state index contributed by atoms with van der Waals surface area (Å²) in [4.78, 5) is 3.37. The van der Waals surface area contributed by atoms with Crippen molar-refractivity contribution in [2.45, 2.75) is 18.9 Å². The minimum absolute atomic E-state index is 0.156. The summed E-state index contributed by atoms with van der Waals surface area (Å²) >= 11 is 0. The molecule has 0 N–H and O–H groups in total. The monoisotopic (exact) mass is 111 g/mol. The number of ether oxygens (including phenoxy) is 1. The van der Waals surface area contributed by atoms with E-state index >= 15 is 0 Å². The third-order valence-corrected chi connectivity index (χ3v) is 1.32. The average molecular weight is 111 g/mol. The molecule has 0 aromatic heterocycles. The number of hydrogen-bond donors (Lipinski definition) is 0. The van der Waals surface area contributed by atoms with Crippen LogP contribution in [0.1, 0.15) is 12.8 Å². The van der Waals surface area contributed by atoms with E-state index in [-0.39, 0.29) is 6.04 Å².